The molecule has 0 aliphatic carbocycles. The Kier molecular flexibility index (Phi) is 10.8. The quantitative estimate of drug-likeness (QED) is 0.214. The minimum atomic E-state index is -0.958. The highest BCUT2D eigenvalue weighted by molar-refractivity contribution is 9.11. The SMILES string of the molecule is Nc1c(Br)cc(C[C@@H](NC(=O)N2CCC(N3CCc4ccccc4NC3=O)CC2)C(=O)N2CCC(c3ccc(C(=O)O)cc3)CC2)cc1Br. The molecule has 11 nitrogen and oxygen atoms in total. The molecule has 2 fully saturated rings. The molecule has 5 amide bonds. The van der Waals surface area contributed by atoms with E-state index in [2.05, 4.69) is 42.5 Å². The number of hydrogen-bond donors (Lipinski definition) is 4. The second-order valence-corrected chi connectivity index (χ2v) is 14.7. The Morgan fingerprint density at radius 3 is 2.18 bits per heavy atom. The van der Waals surface area contributed by atoms with Crippen LogP contribution in [0, 0.1) is 0 Å². The molecule has 0 unspecified atom stereocenters. The number of hydrogen-bond acceptors (Lipinski definition) is 5. The minimum absolute atomic E-state index is 0.0156. The number of nitrogens with two attached hydrogens (primary N) is 1. The van der Waals surface area contributed by atoms with Crippen LogP contribution < -0.4 is 16.4 Å². The Morgan fingerprint density at radius 2 is 1.53 bits per heavy atom. The van der Waals surface area contributed by atoms with Crippen molar-refractivity contribution in [3.8, 4) is 0 Å². The third kappa shape index (κ3) is 8.04. The van der Waals surface area contributed by atoms with E-state index >= 15 is 0 Å². The molecular formula is C36H40Br2N6O5. The molecule has 0 bridgehead atoms. The molecule has 0 saturated carbocycles. The van der Waals surface area contributed by atoms with Crippen LogP contribution in [0.4, 0.5) is 21.0 Å². The van der Waals surface area contributed by atoms with Gasteiger partial charge in [-0.2, -0.15) is 0 Å². The predicted octanol–water partition coefficient (Wildman–Crippen LogP) is 6.07. The van der Waals surface area contributed by atoms with Gasteiger partial charge in [-0.3, -0.25) is 4.79 Å². The molecule has 2 saturated heterocycles. The van der Waals surface area contributed by atoms with Gasteiger partial charge in [0.1, 0.15) is 6.04 Å². The van der Waals surface area contributed by atoms with Crippen LogP contribution in [-0.2, 0) is 17.6 Å². The van der Waals surface area contributed by atoms with E-state index in [1.807, 2.05) is 58.3 Å². The molecule has 3 aromatic carbocycles. The van der Waals surface area contributed by atoms with Gasteiger partial charge < -0.3 is 36.2 Å². The van der Waals surface area contributed by atoms with Gasteiger partial charge in [0.2, 0.25) is 5.91 Å². The highest BCUT2D eigenvalue weighted by Gasteiger charge is 2.34. The zero-order valence-corrected chi connectivity index (χ0v) is 30.2. The fourth-order valence-corrected chi connectivity index (χ4v) is 8.38. The van der Waals surface area contributed by atoms with Crippen LogP contribution in [0.3, 0.4) is 0 Å². The van der Waals surface area contributed by atoms with Gasteiger partial charge in [0.15, 0.2) is 0 Å². The number of nitrogens with zero attached hydrogens (tertiary/aromatic N) is 3. The number of likely N-dealkylation sites (tertiary alicyclic amines) is 2. The van der Waals surface area contributed by atoms with Gasteiger partial charge in [0.05, 0.1) is 11.3 Å². The van der Waals surface area contributed by atoms with Crippen molar-refractivity contribution in [2.75, 3.05) is 43.8 Å². The lowest BCUT2D eigenvalue weighted by atomic mass is 9.88. The maximum Gasteiger partial charge on any atom is 0.335 e. The van der Waals surface area contributed by atoms with Crippen LogP contribution >= 0.6 is 31.9 Å². The zero-order valence-electron chi connectivity index (χ0n) is 27.0. The number of nitrogens with one attached hydrogen (secondary N) is 2. The fourth-order valence-electron chi connectivity index (χ4n) is 7.10. The highest BCUT2D eigenvalue weighted by atomic mass is 79.9. The molecule has 0 spiro atoms. The summed E-state index contributed by atoms with van der Waals surface area (Å²) in [5.74, 6) is -0.890. The van der Waals surface area contributed by atoms with Crippen molar-refractivity contribution in [1.82, 2.24) is 20.0 Å². The van der Waals surface area contributed by atoms with Crippen molar-refractivity contribution in [2.24, 2.45) is 0 Å². The predicted molar refractivity (Wildman–Crippen MR) is 195 cm³/mol. The Labute approximate surface area is 302 Å². The number of benzene rings is 3. The number of urea groups is 2. The Morgan fingerprint density at radius 1 is 0.898 bits per heavy atom. The number of fused-ring (bicyclic) bond motifs is 1. The van der Waals surface area contributed by atoms with E-state index in [1.54, 1.807) is 17.0 Å². The maximum absolute atomic E-state index is 14.1. The molecule has 3 aliphatic heterocycles. The maximum atomic E-state index is 14.1. The Hall–Kier alpha value is -4.10. The van der Waals surface area contributed by atoms with Crippen LogP contribution in [-0.4, -0.2) is 88.6 Å². The van der Waals surface area contributed by atoms with E-state index in [9.17, 15) is 24.3 Å². The third-order valence-electron chi connectivity index (χ3n) is 9.94. The molecule has 13 heteroatoms. The smallest absolute Gasteiger partial charge is 0.335 e. The van der Waals surface area contributed by atoms with E-state index in [-0.39, 0.29) is 41.9 Å². The van der Waals surface area contributed by atoms with Gasteiger partial charge >= 0.3 is 18.0 Å². The van der Waals surface area contributed by atoms with Crippen molar-refractivity contribution in [3.63, 3.8) is 0 Å². The summed E-state index contributed by atoms with van der Waals surface area (Å²) in [4.78, 5) is 57.6. The highest BCUT2D eigenvalue weighted by Crippen LogP contribution is 2.32. The van der Waals surface area contributed by atoms with E-state index in [0.29, 0.717) is 60.2 Å². The van der Waals surface area contributed by atoms with Crippen LogP contribution in [0.2, 0.25) is 0 Å². The van der Waals surface area contributed by atoms with Crippen molar-refractivity contribution >= 4 is 67.2 Å². The molecule has 6 rings (SSSR count). The zero-order chi connectivity index (χ0) is 34.7. The standard InChI is InChI=1S/C36H40Br2N6O5/c37-28-19-22(20-29(38)32(28)39)21-31(33(45)42-14-9-24(10-15-42)23-5-7-26(8-6-23)34(46)47)41-35(48)43-16-12-27(13-17-43)44-18-11-25-3-1-2-4-30(25)40-36(44)49/h1-8,19-20,24,27,31H,9-18,21,39H2,(H,40,49)(H,41,48)(H,46,47)/t31-/m1/s1. The van der Waals surface area contributed by atoms with Crippen LogP contribution in [0.5, 0.6) is 0 Å². The number of rotatable bonds is 7. The van der Waals surface area contributed by atoms with E-state index < -0.39 is 12.0 Å². The first-order valence-corrected chi connectivity index (χ1v) is 18.2. The van der Waals surface area contributed by atoms with Crippen molar-refractivity contribution in [1.29, 1.82) is 0 Å². The molecule has 3 heterocycles. The number of carboxylic acids is 1. The number of para-hydroxylation sites is 1. The lowest BCUT2D eigenvalue weighted by Gasteiger charge is -2.39. The average Bonchev–Trinajstić information content (AvgIpc) is 3.28. The molecule has 3 aromatic rings. The van der Waals surface area contributed by atoms with Gasteiger partial charge in [-0.1, -0.05) is 30.3 Å². The first-order chi connectivity index (χ1) is 23.6. The summed E-state index contributed by atoms with van der Waals surface area (Å²) in [5, 5.41) is 15.3. The number of aromatic carboxylic acids is 1. The molecule has 3 aliphatic rings. The van der Waals surface area contributed by atoms with Crippen LogP contribution in [0.1, 0.15) is 58.6 Å². The summed E-state index contributed by atoms with van der Waals surface area (Å²) in [5.41, 5.74) is 10.8. The number of carbonyl (C=O) groups is 4. The molecule has 0 radical (unpaired) electrons. The van der Waals surface area contributed by atoms with Crippen molar-refractivity contribution < 1.29 is 24.3 Å². The van der Waals surface area contributed by atoms with Gasteiger partial charge in [-0.15, -0.1) is 0 Å². The van der Waals surface area contributed by atoms with E-state index in [1.165, 1.54) is 0 Å². The second kappa shape index (κ2) is 15.2. The topological polar surface area (TPSA) is 148 Å². The number of carbonyl (C=O) groups excluding carboxylic acids is 3. The Balaban J connectivity index is 1.10. The molecular weight excluding hydrogens is 756 g/mol. The van der Waals surface area contributed by atoms with Crippen molar-refractivity contribution in [3.05, 3.63) is 91.9 Å². The van der Waals surface area contributed by atoms with Gasteiger partial charge in [-0.25, -0.2) is 14.4 Å². The number of amides is 5. The van der Waals surface area contributed by atoms with Crippen LogP contribution in [0.15, 0.2) is 69.6 Å². The monoisotopic (exact) mass is 794 g/mol. The number of carboxylic acid groups (broad SMARTS) is 1. The lowest BCUT2D eigenvalue weighted by molar-refractivity contribution is -0.134. The first-order valence-electron chi connectivity index (χ1n) is 16.6. The summed E-state index contributed by atoms with van der Waals surface area (Å²) >= 11 is 7.00. The number of halogens is 2. The normalized spacial score (nSPS) is 17.9. The minimum Gasteiger partial charge on any atom is -0.478 e. The summed E-state index contributed by atoms with van der Waals surface area (Å²) < 4.78 is 1.40. The summed E-state index contributed by atoms with van der Waals surface area (Å²) in [6.45, 7) is 2.61. The number of piperidine rings is 2. The molecule has 1 atom stereocenters. The largest absolute Gasteiger partial charge is 0.478 e. The van der Waals surface area contributed by atoms with Gasteiger partial charge in [-0.05, 0) is 117 Å². The van der Waals surface area contributed by atoms with E-state index in [0.717, 1.165) is 41.6 Å². The summed E-state index contributed by atoms with van der Waals surface area (Å²) in [7, 11) is 0. The van der Waals surface area contributed by atoms with Gasteiger partial charge in [0.25, 0.3) is 0 Å². The molecule has 5 N–H and O–H groups in total. The van der Waals surface area contributed by atoms with Crippen molar-refractivity contribution in [2.45, 2.75) is 56.5 Å². The van der Waals surface area contributed by atoms with Gasteiger partial charge in [0, 0.05) is 59.8 Å². The lowest BCUT2D eigenvalue weighted by Crippen LogP contribution is -2.56. The summed E-state index contributed by atoms with van der Waals surface area (Å²) in [6, 6.07) is 17.4. The van der Waals surface area contributed by atoms with Crippen LogP contribution in [0.25, 0.3) is 0 Å². The third-order valence-corrected chi connectivity index (χ3v) is 11.3. The van der Waals surface area contributed by atoms with E-state index in [4.69, 9.17) is 5.73 Å². The Bertz CT molecular complexity index is 1700. The average molecular weight is 797 g/mol. The second-order valence-electron chi connectivity index (χ2n) is 13.0. The fraction of sp³-hybridized carbons (Fsp3) is 0.389. The number of anilines is 2. The molecule has 258 valence electrons. The first kappa shape index (κ1) is 34.8. The number of nitrogen functional groups attached to an aromatic ring is 1. The molecule has 49 heavy (non-hydrogen) atoms. The molecule has 0 aromatic heterocycles. The summed E-state index contributed by atoms with van der Waals surface area (Å²) in [6.07, 6.45) is 3.82.